The molecule has 0 aromatic carbocycles. The molecule has 0 spiro atoms. The Bertz CT molecular complexity index is 612. The Labute approximate surface area is 151 Å². The van der Waals surface area contributed by atoms with Crippen LogP contribution >= 0.6 is 0 Å². The summed E-state index contributed by atoms with van der Waals surface area (Å²) in [5, 5.41) is 0. The van der Waals surface area contributed by atoms with E-state index in [-0.39, 0.29) is 6.04 Å². The number of carbonyl (C=O) groups is 1. The average Bonchev–Trinajstić information content (AvgIpc) is 3.39. The van der Waals surface area contributed by atoms with E-state index in [2.05, 4.69) is 35.6 Å². The van der Waals surface area contributed by atoms with Crippen molar-refractivity contribution in [2.75, 3.05) is 24.5 Å². The van der Waals surface area contributed by atoms with Gasteiger partial charge in [-0.05, 0) is 38.0 Å². The molecule has 1 atom stereocenters. The minimum absolute atomic E-state index is 0.264. The third-order valence-corrected chi connectivity index (χ3v) is 5.43. The van der Waals surface area contributed by atoms with Gasteiger partial charge in [0.25, 0.3) is 0 Å². The molecule has 2 fully saturated rings. The fraction of sp³-hybridized carbons (Fsp3) is 0.750. The van der Waals surface area contributed by atoms with Crippen LogP contribution in [0.4, 0.5) is 5.82 Å². The molecule has 0 radical (unpaired) electrons. The van der Waals surface area contributed by atoms with E-state index in [0.717, 1.165) is 50.0 Å². The molecule has 2 aliphatic rings. The average molecular weight is 345 g/mol. The number of hydrogen-bond donors (Lipinski definition) is 0. The minimum atomic E-state index is 0.264. The molecule has 25 heavy (non-hydrogen) atoms. The van der Waals surface area contributed by atoms with E-state index in [1.54, 1.807) is 0 Å². The smallest absolute Gasteiger partial charge is 0.224 e. The van der Waals surface area contributed by atoms with Gasteiger partial charge in [0, 0.05) is 37.8 Å². The molecule has 1 amide bonds. The molecule has 1 saturated heterocycles. The normalized spacial score (nSPS) is 21.8. The second-order valence-corrected chi connectivity index (χ2v) is 8.01. The zero-order valence-corrected chi connectivity index (χ0v) is 16.2. The monoisotopic (exact) mass is 344 g/mol. The maximum absolute atomic E-state index is 12.8. The van der Waals surface area contributed by atoms with Crippen molar-refractivity contribution < 1.29 is 4.79 Å². The van der Waals surface area contributed by atoms with Crippen LogP contribution in [0.25, 0.3) is 0 Å². The van der Waals surface area contributed by atoms with E-state index in [1.165, 1.54) is 18.4 Å². The van der Waals surface area contributed by atoms with Crippen molar-refractivity contribution in [3.05, 3.63) is 17.6 Å². The van der Waals surface area contributed by atoms with Gasteiger partial charge in [-0.3, -0.25) is 4.79 Å². The van der Waals surface area contributed by atoms with Gasteiger partial charge in [0.15, 0.2) is 0 Å². The molecule has 5 nitrogen and oxygen atoms in total. The summed E-state index contributed by atoms with van der Waals surface area (Å²) in [4.78, 5) is 26.5. The lowest BCUT2D eigenvalue weighted by Gasteiger charge is -2.35. The second-order valence-electron chi connectivity index (χ2n) is 8.01. The zero-order valence-electron chi connectivity index (χ0n) is 16.2. The Morgan fingerprint density at radius 2 is 2.08 bits per heavy atom. The Morgan fingerprint density at radius 1 is 1.32 bits per heavy atom. The summed E-state index contributed by atoms with van der Waals surface area (Å²) in [6, 6.07) is 0.264. The van der Waals surface area contributed by atoms with E-state index in [4.69, 9.17) is 4.98 Å². The molecule has 3 rings (SSSR count). The molecule has 138 valence electrons. The molecule has 0 N–H and O–H groups in total. The summed E-state index contributed by atoms with van der Waals surface area (Å²) in [6.07, 6.45) is 7.19. The third kappa shape index (κ3) is 4.31. The number of aryl methyl sites for hydroxylation is 2. The van der Waals surface area contributed by atoms with Crippen molar-refractivity contribution in [3.8, 4) is 0 Å². The molecule has 1 saturated carbocycles. The second kappa shape index (κ2) is 7.71. The third-order valence-electron chi connectivity index (χ3n) is 5.43. The lowest BCUT2D eigenvalue weighted by atomic mass is 10.0. The minimum Gasteiger partial charge on any atom is -0.354 e. The molecule has 1 aromatic rings. The van der Waals surface area contributed by atoms with Crippen LogP contribution in [0, 0.1) is 18.8 Å². The fourth-order valence-corrected chi connectivity index (χ4v) is 3.76. The van der Waals surface area contributed by atoms with Gasteiger partial charge in [-0.25, -0.2) is 9.97 Å². The highest BCUT2D eigenvalue weighted by Gasteiger charge is 2.36. The van der Waals surface area contributed by atoms with E-state index < -0.39 is 0 Å². The molecular formula is C20H32N4O. The van der Waals surface area contributed by atoms with Crippen molar-refractivity contribution in [1.29, 1.82) is 0 Å². The molecular weight excluding hydrogens is 312 g/mol. The molecule has 1 aromatic heterocycles. The SMILES string of the molecule is CCCc1cnc(C)nc1N1CCC(=O)N(CC2CC2)C(C(C)C)C1. The highest BCUT2D eigenvalue weighted by Crippen LogP contribution is 2.33. The van der Waals surface area contributed by atoms with Crippen molar-refractivity contribution in [1.82, 2.24) is 14.9 Å². The molecule has 1 unspecified atom stereocenters. The highest BCUT2D eigenvalue weighted by molar-refractivity contribution is 5.78. The van der Waals surface area contributed by atoms with Crippen molar-refractivity contribution in [2.45, 2.75) is 65.8 Å². The van der Waals surface area contributed by atoms with Gasteiger partial charge >= 0.3 is 0 Å². The van der Waals surface area contributed by atoms with Crippen LogP contribution in [0.15, 0.2) is 6.20 Å². The van der Waals surface area contributed by atoms with Crippen LogP contribution in [0.1, 0.15) is 57.8 Å². The zero-order chi connectivity index (χ0) is 18.0. The van der Waals surface area contributed by atoms with E-state index >= 15 is 0 Å². The number of aromatic nitrogens is 2. The fourth-order valence-electron chi connectivity index (χ4n) is 3.76. The van der Waals surface area contributed by atoms with E-state index in [9.17, 15) is 4.79 Å². The van der Waals surface area contributed by atoms with Gasteiger partial charge in [-0.15, -0.1) is 0 Å². The summed E-state index contributed by atoms with van der Waals surface area (Å²) in [6.45, 7) is 11.2. The van der Waals surface area contributed by atoms with Gasteiger partial charge in [0.1, 0.15) is 11.6 Å². The predicted molar refractivity (Wildman–Crippen MR) is 101 cm³/mol. The van der Waals surface area contributed by atoms with Gasteiger partial charge in [-0.2, -0.15) is 0 Å². The first-order valence-corrected chi connectivity index (χ1v) is 9.86. The first kappa shape index (κ1) is 18.2. The van der Waals surface area contributed by atoms with E-state index in [1.807, 2.05) is 13.1 Å². The number of amides is 1. The van der Waals surface area contributed by atoms with Gasteiger partial charge < -0.3 is 9.80 Å². The first-order chi connectivity index (χ1) is 12.0. The summed E-state index contributed by atoms with van der Waals surface area (Å²) in [5.41, 5.74) is 1.21. The van der Waals surface area contributed by atoms with Crippen LogP contribution in [0.3, 0.4) is 0 Å². The summed E-state index contributed by atoms with van der Waals surface area (Å²) < 4.78 is 0. The molecule has 1 aliphatic carbocycles. The van der Waals surface area contributed by atoms with Crippen LogP contribution in [-0.4, -0.2) is 46.5 Å². The molecule has 1 aliphatic heterocycles. The first-order valence-electron chi connectivity index (χ1n) is 9.86. The topological polar surface area (TPSA) is 49.3 Å². The summed E-state index contributed by atoms with van der Waals surface area (Å²) >= 11 is 0. The van der Waals surface area contributed by atoms with Crippen LogP contribution < -0.4 is 4.90 Å². The van der Waals surface area contributed by atoms with Crippen LogP contribution in [-0.2, 0) is 11.2 Å². The molecule has 0 bridgehead atoms. The van der Waals surface area contributed by atoms with Crippen molar-refractivity contribution >= 4 is 11.7 Å². The quantitative estimate of drug-likeness (QED) is 0.795. The largest absolute Gasteiger partial charge is 0.354 e. The number of carbonyl (C=O) groups excluding carboxylic acids is 1. The Kier molecular flexibility index (Phi) is 5.60. The predicted octanol–water partition coefficient (Wildman–Crippen LogP) is 3.21. The Balaban J connectivity index is 1.87. The van der Waals surface area contributed by atoms with Gasteiger partial charge in [0.05, 0.1) is 6.04 Å². The van der Waals surface area contributed by atoms with Gasteiger partial charge in [0.2, 0.25) is 5.91 Å². The number of anilines is 1. The number of nitrogens with zero attached hydrogens (tertiary/aromatic N) is 4. The lowest BCUT2D eigenvalue weighted by Crippen LogP contribution is -2.47. The standard InChI is InChI=1S/C20H32N4O/c1-5-6-17-11-21-15(4)22-20(17)23-10-9-19(25)24(12-16-7-8-16)18(13-23)14(2)3/h11,14,16,18H,5-10,12-13H2,1-4H3. The Morgan fingerprint density at radius 3 is 2.72 bits per heavy atom. The Hall–Kier alpha value is -1.65. The lowest BCUT2D eigenvalue weighted by molar-refractivity contribution is -0.133. The van der Waals surface area contributed by atoms with Crippen molar-refractivity contribution in [3.63, 3.8) is 0 Å². The van der Waals surface area contributed by atoms with Crippen molar-refractivity contribution in [2.24, 2.45) is 11.8 Å². The van der Waals surface area contributed by atoms with Crippen LogP contribution in [0.5, 0.6) is 0 Å². The maximum Gasteiger partial charge on any atom is 0.224 e. The number of rotatable bonds is 6. The molecule has 5 heteroatoms. The molecule has 2 heterocycles. The summed E-state index contributed by atoms with van der Waals surface area (Å²) in [7, 11) is 0. The van der Waals surface area contributed by atoms with E-state index in [0.29, 0.717) is 18.2 Å². The maximum atomic E-state index is 12.8. The van der Waals surface area contributed by atoms with Crippen LogP contribution in [0.2, 0.25) is 0 Å². The number of hydrogen-bond acceptors (Lipinski definition) is 4. The summed E-state index contributed by atoms with van der Waals surface area (Å²) in [5.74, 6) is 3.34. The van der Waals surface area contributed by atoms with Gasteiger partial charge in [-0.1, -0.05) is 27.2 Å². The highest BCUT2D eigenvalue weighted by atomic mass is 16.2.